The Balaban J connectivity index is 1.44. The fraction of sp³-hybridized carbons (Fsp3) is 0.174. The van der Waals surface area contributed by atoms with Gasteiger partial charge in [0.1, 0.15) is 16.5 Å². The van der Waals surface area contributed by atoms with Crippen molar-refractivity contribution in [1.82, 2.24) is 20.3 Å². The minimum atomic E-state index is -0.146. The van der Waals surface area contributed by atoms with Gasteiger partial charge in [0, 0.05) is 23.9 Å². The lowest BCUT2D eigenvalue weighted by molar-refractivity contribution is 0.102. The molecule has 1 unspecified atom stereocenters. The van der Waals surface area contributed by atoms with Crippen LogP contribution in [0.1, 0.15) is 28.3 Å². The number of nitrogens with one attached hydrogen (secondary N) is 3. The number of hydrogen-bond donors (Lipinski definition) is 3. The van der Waals surface area contributed by atoms with Gasteiger partial charge in [0.05, 0.1) is 11.2 Å². The van der Waals surface area contributed by atoms with Crippen molar-refractivity contribution in [2.75, 3.05) is 18.4 Å². The van der Waals surface area contributed by atoms with Crippen molar-refractivity contribution in [3.8, 4) is 11.4 Å². The molecule has 1 fully saturated rings. The molecule has 1 aliphatic heterocycles. The molecule has 7 heteroatoms. The fourth-order valence-corrected chi connectivity index (χ4v) is 4.06. The van der Waals surface area contributed by atoms with Gasteiger partial charge in [-0.3, -0.25) is 4.79 Å². The number of aromatic nitrogens is 3. The predicted octanol–water partition coefficient (Wildman–Crippen LogP) is 4.61. The predicted molar refractivity (Wildman–Crippen MR) is 119 cm³/mol. The summed E-state index contributed by atoms with van der Waals surface area (Å²) in [6.07, 6.45) is 2.74. The number of anilines is 1. The van der Waals surface area contributed by atoms with E-state index >= 15 is 0 Å². The molecule has 0 spiro atoms. The molecule has 1 atom stereocenters. The van der Waals surface area contributed by atoms with Crippen LogP contribution in [-0.4, -0.2) is 33.9 Å². The highest BCUT2D eigenvalue weighted by Gasteiger charge is 2.18. The number of imidazole rings is 1. The summed E-state index contributed by atoms with van der Waals surface area (Å²) in [5, 5.41) is 6.80. The summed E-state index contributed by atoms with van der Waals surface area (Å²) in [4.78, 5) is 24.9. The van der Waals surface area contributed by atoms with Crippen molar-refractivity contribution in [3.05, 3.63) is 77.1 Å². The zero-order chi connectivity index (χ0) is 20.5. The lowest BCUT2D eigenvalue weighted by atomic mass is 9.96. The number of para-hydroxylation sites is 1. The molecule has 3 heterocycles. The van der Waals surface area contributed by atoms with Gasteiger partial charge in [0.15, 0.2) is 0 Å². The summed E-state index contributed by atoms with van der Waals surface area (Å²) in [6.45, 7) is 1.98. The molecule has 5 rings (SSSR count). The zero-order valence-corrected chi connectivity index (χ0v) is 16.9. The second-order valence-corrected chi connectivity index (χ2v) is 7.81. The molecule has 1 saturated heterocycles. The first-order valence-corrected chi connectivity index (χ1v) is 10.3. The maximum Gasteiger partial charge on any atom is 0.255 e. The van der Waals surface area contributed by atoms with E-state index in [1.54, 1.807) is 12.3 Å². The van der Waals surface area contributed by atoms with Crippen LogP contribution in [0.3, 0.4) is 0 Å². The number of carbonyl (C=O) groups is 1. The molecule has 6 nitrogen and oxygen atoms in total. The lowest BCUT2D eigenvalue weighted by Crippen LogP contribution is -2.13. The molecule has 0 saturated carbocycles. The van der Waals surface area contributed by atoms with Crippen molar-refractivity contribution in [1.29, 1.82) is 0 Å². The van der Waals surface area contributed by atoms with Crippen LogP contribution < -0.4 is 10.6 Å². The molecule has 2 aromatic heterocycles. The number of carbonyl (C=O) groups excluding carboxylic acids is 1. The van der Waals surface area contributed by atoms with Crippen LogP contribution in [0.2, 0.25) is 5.15 Å². The van der Waals surface area contributed by atoms with E-state index in [1.807, 2.05) is 42.5 Å². The monoisotopic (exact) mass is 417 g/mol. The van der Waals surface area contributed by atoms with Crippen LogP contribution in [-0.2, 0) is 0 Å². The minimum Gasteiger partial charge on any atom is -0.338 e. The molecule has 1 amide bonds. The number of pyridine rings is 1. The Morgan fingerprint density at radius 3 is 2.87 bits per heavy atom. The van der Waals surface area contributed by atoms with Crippen LogP contribution in [0, 0.1) is 0 Å². The number of nitrogens with zero attached hydrogens (tertiary/aromatic N) is 2. The molecule has 4 aromatic rings. The number of hydrogen-bond acceptors (Lipinski definition) is 4. The van der Waals surface area contributed by atoms with Gasteiger partial charge in [-0.25, -0.2) is 9.97 Å². The summed E-state index contributed by atoms with van der Waals surface area (Å²) >= 11 is 6.01. The third-order valence-corrected chi connectivity index (χ3v) is 5.65. The number of aromatic amines is 1. The molecule has 0 bridgehead atoms. The molecule has 30 heavy (non-hydrogen) atoms. The summed E-state index contributed by atoms with van der Waals surface area (Å²) in [7, 11) is 0. The van der Waals surface area contributed by atoms with Crippen molar-refractivity contribution in [3.63, 3.8) is 0 Å². The van der Waals surface area contributed by atoms with Gasteiger partial charge in [-0.15, -0.1) is 0 Å². The van der Waals surface area contributed by atoms with E-state index in [9.17, 15) is 4.79 Å². The van der Waals surface area contributed by atoms with Crippen LogP contribution >= 0.6 is 11.6 Å². The number of fused-ring (bicyclic) bond motifs is 1. The maximum atomic E-state index is 13.0. The highest BCUT2D eigenvalue weighted by Crippen LogP contribution is 2.27. The number of rotatable bonds is 4. The van der Waals surface area contributed by atoms with Gasteiger partial charge in [-0.2, -0.15) is 0 Å². The third-order valence-electron chi connectivity index (χ3n) is 5.44. The molecule has 0 radical (unpaired) electrons. The second kappa shape index (κ2) is 7.89. The highest BCUT2D eigenvalue weighted by molar-refractivity contribution is 6.29. The van der Waals surface area contributed by atoms with Gasteiger partial charge in [0.25, 0.3) is 5.91 Å². The quantitative estimate of drug-likeness (QED) is 0.423. The Morgan fingerprint density at radius 1 is 1.13 bits per heavy atom. The van der Waals surface area contributed by atoms with Crippen molar-refractivity contribution < 1.29 is 4.79 Å². The summed E-state index contributed by atoms with van der Waals surface area (Å²) in [5.41, 5.74) is 4.87. The van der Waals surface area contributed by atoms with E-state index in [1.165, 1.54) is 5.56 Å². The van der Waals surface area contributed by atoms with E-state index in [0.29, 0.717) is 33.7 Å². The Labute approximate surface area is 178 Å². The summed E-state index contributed by atoms with van der Waals surface area (Å²) in [5.74, 6) is 0.987. The largest absolute Gasteiger partial charge is 0.338 e. The second-order valence-electron chi connectivity index (χ2n) is 7.42. The maximum absolute atomic E-state index is 13.0. The van der Waals surface area contributed by atoms with Gasteiger partial charge in [0.2, 0.25) is 0 Å². The van der Waals surface area contributed by atoms with Crippen LogP contribution in [0.4, 0.5) is 5.69 Å². The van der Waals surface area contributed by atoms with Crippen molar-refractivity contribution >= 4 is 34.2 Å². The van der Waals surface area contributed by atoms with Crippen LogP contribution in [0.15, 0.2) is 60.8 Å². The van der Waals surface area contributed by atoms with Crippen LogP contribution in [0.5, 0.6) is 0 Å². The first-order valence-electron chi connectivity index (χ1n) is 9.90. The van der Waals surface area contributed by atoms with E-state index in [0.717, 1.165) is 30.6 Å². The first kappa shape index (κ1) is 18.8. The topological polar surface area (TPSA) is 82.7 Å². The van der Waals surface area contributed by atoms with E-state index < -0.39 is 0 Å². The Kier molecular flexibility index (Phi) is 4.94. The summed E-state index contributed by atoms with van der Waals surface area (Å²) in [6, 6.07) is 17.1. The SMILES string of the molecule is O=C(Nc1cccc2[nH]c(-c3ccnc(Cl)c3)nc12)c1cccc(C2CCNC2)c1. The molecule has 0 aliphatic carbocycles. The number of H-pyrrole nitrogens is 1. The summed E-state index contributed by atoms with van der Waals surface area (Å²) < 4.78 is 0. The molecule has 3 N–H and O–H groups in total. The van der Waals surface area contributed by atoms with Crippen molar-refractivity contribution in [2.45, 2.75) is 12.3 Å². The average Bonchev–Trinajstić information content (AvgIpc) is 3.44. The third kappa shape index (κ3) is 3.67. The number of halogens is 1. The van der Waals surface area contributed by atoms with E-state index in [-0.39, 0.29) is 5.91 Å². The van der Waals surface area contributed by atoms with Gasteiger partial charge in [-0.1, -0.05) is 29.8 Å². The fourth-order valence-electron chi connectivity index (χ4n) is 3.89. The van der Waals surface area contributed by atoms with Gasteiger partial charge in [-0.05, 0) is 60.8 Å². The molecule has 1 aliphatic rings. The highest BCUT2D eigenvalue weighted by atomic mass is 35.5. The van der Waals surface area contributed by atoms with Crippen molar-refractivity contribution in [2.24, 2.45) is 0 Å². The minimum absolute atomic E-state index is 0.146. The first-order chi connectivity index (χ1) is 14.7. The Morgan fingerprint density at radius 2 is 2.03 bits per heavy atom. The molecule has 2 aromatic carbocycles. The molecular weight excluding hydrogens is 398 g/mol. The molecule has 150 valence electrons. The zero-order valence-electron chi connectivity index (χ0n) is 16.2. The normalized spacial score (nSPS) is 16.1. The Hall–Kier alpha value is -3.22. The van der Waals surface area contributed by atoms with Gasteiger partial charge < -0.3 is 15.6 Å². The Bertz CT molecular complexity index is 1230. The lowest BCUT2D eigenvalue weighted by Gasteiger charge is -2.11. The number of benzene rings is 2. The standard InChI is InChI=1S/C23H20ClN5O/c24-20-12-15(8-10-26-20)22-27-18-5-2-6-19(21(18)29-22)28-23(30)16-4-1-3-14(11-16)17-7-9-25-13-17/h1-6,8,10-12,17,25H,7,9,13H2,(H,27,29)(H,28,30). The molecular formula is C23H20ClN5O. The van der Waals surface area contributed by atoms with E-state index in [2.05, 4.69) is 31.7 Å². The van der Waals surface area contributed by atoms with Crippen LogP contribution in [0.25, 0.3) is 22.4 Å². The smallest absolute Gasteiger partial charge is 0.255 e. The number of amides is 1. The average molecular weight is 418 g/mol. The van der Waals surface area contributed by atoms with Gasteiger partial charge >= 0.3 is 0 Å². The van der Waals surface area contributed by atoms with E-state index in [4.69, 9.17) is 11.6 Å².